The smallest absolute Gasteiger partial charge is 0.142 e. The molecule has 0 heterocycles. The van der Waals surface area contributed by atoms with Crippen molar-refractivity contribution in [1.29, 1.82) is 0 Å². The number of benzene rings is 2. The fourth-order valence-corrected chi connectivity index (χ4v) is 5.14. The Kier molecular flexibility index (Phi) is 6.30. The molecule has 0 fully saturated rings. The summed E-state index contributed by atoms with van der Waals surface area (Å²) in [5.74, 6) is -0.376. The van der Waals surface area contributed by atoms with Crippen molar-refractivity contribution in [2.24, 2.45) is 0 Å². The Bertz CT molecular complexity index is 627. The lowest BCUT2D eigenvalue weighted by Crippen LogP contribution is -2.33. The molecule has 21 heavy (non-hydrogen) atoms. The van der Waals surface area contributed by atoms with Gasteiger partial charge in [-0.25, -0.2) is 4.39 Å². The molecular formula is C16H13Br3ClF. The van der Waals surface area contributed by atoms with Crippen molar-refractivity contribution in [2.45, 2.75) is 11.8 Å². The van der Waals surface area contributed by atoms with E-state index in [1.165, 1.54) is 11.6 Å². The molecule has 0 nitrogen and oxygen atoms in total. The third kappa shape index (κ3) is 3.72. The lowest BCUT2D eigenvalue weighted by molar-refractivity contribution is 0.544. The molecule has 2 aromatic rings. The Morgan fingerprint density at radius 2 is 1.67 bits per heavy atom. The highest BCUT2D eigenvalue weighted by Crippen LogP contribution is 2.38. The van der Waals surface area contributed by atoms with Gasteiger partial charge in [-0.05, 0) is 29.7 Å². The number of alkyl halides is 2. The lowest BCUT2D eigenvalue weighted by Gasteiger charge is -2.32. The van der Waals surface area contributed by atoms with Crippen LogP contribution in [0.25, 0.3) is 0 Å². The van der Waals surface area contributed by atoms with Crippen LogP contribution >= 0.6 is 59.4 Å². The molecule has 0 saturated carbocycles. The minimum absolute atomic E-state index is 0.204. The monoisotopic (exact) mass is 496 g/mol. The van der Waals surface area contributed by atoms with E-state index in [0.717, 1.165) is 20.7 Å². The van der Waals surface area contributed by atoms with Crippen molar-refractivity contribution in [3.8, 4) is 0 Å². The minimum atomic E-state index is -0.376. The molecule has 0 aliphatic heterocycles. The third-order valence-corrected chi connectivity index (χ3v) is 6.78. The van der Waals surface area contributed by atoms with Gasteiger partial charge in [0.15, 0.2) is 0 Å². The van der Waals surface area contributed by atoms with Gasteiger partial charge >= 0.3 is 0 Å². The first kappa shape index (κ1) is 17.5. The molecule has 0 aliphatic rings. The Labute approximate surface area is 154 Å². The highest BCUT2D eigenvalue weighted by Gasteiger charge is 2.33. The van der Waals surface area contributed by atoms with Gasteiger partial charge in [-0.3, -0.25) is 0 Å². The Morgan fingerprint density at radius 3 is 2.29 bits per heavy atom. The molecule has 0 N–H and O–H groups in total. The van der Waals surface area contributed by atoms with Gasteiger partial charge < -0.3 is 0 Å². The maximum atomic E-state index is 13.7. The largest absolute Gasteiger partial charge is 0.205 e. The first-order valence-corrected chi connectivity index (χ1v) is 9.75. The average molecular weight is 499 g/mol. The SMILES string of the molecule is Fc1cccc(CC(CBr)(CBr)c2ccccc2Br)c1Cl. The summed E-state index contributed by atoms with van der Waals surface area (Å²) in [6.45, 7) is 0. The van der Waals surface area contributed by atoms with Crippen LogP contribution in [0.1, 0.15) is 11.1 Å². The van der Waals surface area contributed by atoms with Crippen LogP contribution < -0.4 is 0 Å². The fourth-order valence-electron chi connectivity index (χ4n) is 2.31. The van der Waals surface area contributed by atoms with E-state index < -0.39 is 0 Å². The zero-order valence-electron chi connectivity index (χ0n) is 11.1. The molecular weight excluding hydrogens is 486 g/mol. The molecule has 0 radical (unpaired) electrons. The Hall–Kier alpha value is 0.1000. The predicted molar refractivity (Wildman–Crippen MR) is 98.5 cm³/mol. The van der Waals surface area contributed by atoms with Gasteiger partial charge in [0.1, 0.15) is 5.82 Å². The van der Waals surface area contributed by atoms with Crippen LogP contribution in [0.4, 0.5) is 4.39 Å². The van der Waals surface area contributed by atoms with Gasteiger partial charge in [0.25, 0.3) is 0 Å². The summed E-state index contributed by atoms with van der Waals surface area (Å²) in [5.41, 5.74) is 1.77. The van der Waals surface area contributed by atoms with Gasteiger partial charge in [0.2, 0.25) is 0 Å². The molecule has 0 unspecified atom stereocenters. The van der Waals surface area contributed by atoms with E-state index in [1.807, 2.05) is 24.3 Å². The zero-order chi connectivity index (χ0) is 15.5. The lowest BCUT2D eigenvalue weighted by atomic mass is 9.79. The van der Waals surface area contributed by atoms with Gasteiger partial charge in [0, 0.05) is 20.5 Å². The van der Waals surface area contributed by atoms with E-state index >= 15 is 0 Å². The first-order chi connectivity index (χ1) is 10.0. The third-order valence-electron chi connectivity index (χ3n) is 3.52. The number of halogens is 5. The second-order valence-corrected chi connectivity index (χ2v) is 7.27. The summed E-state index contributed by atoms with van der Waals surface area (Å²) >= 11 is 17.0. The summed E-state index contributed by atoms with van der Waals surface area (Å²) in [4.78, 5) is 0. The highest BCUT2D eigenvalue weighted by atomic mass is 79.9. The van der Waals surface area contributed by atoms with Crippen molar-refractivity contribution in [1.82, 2.24) is 0 Å². The van der Waals surface area contributed by atoms with Gasteiger partial charge in [-0.2, -0.15) is 0 Å². The van der Waals surface area contributed by atoms with Crippen LogP contribution in [0.15, 0.2) is 46.9 Å². The van der Waals surface area contributed by atoms with Crippen molar-refractivity contribution < 1.29 is 4.39 Å². The maximum absolute atomic E-state index is 13.7. The molecule has 2 aromatic carbocycles. The number of rotatable bonds is 5. The van der Waals surface area contributed by atoms with Gasteiger partial charge in [-0.15, -0.1) is 0 Å². The predicted octanol–water partition coefficient (Wildman–Crippen LogP) is 6.51. The van der Waals surface area contributed by atoms with Crippen LogP contribution in [0.2, 0.25) is 5.02 Å². The first-order valence-electron chi connectivity index (χ1n) is 6.34. The zero-order valence-corrected chi connectivity index (χ0v) is 16.6. The second kappa shape index (κ2) is 7.58. The quantitative estimate of drug-likeness (QED) is 0.412. The molecule has 0 spiro atoms. The summed E-state index contributed by atoms with van der Waals surface area (Å²) < 4.78 is 14.7. The van der Waals surface area contributed by atoms with Crippen molar-refractivity contribution in [2.75, 3.05) is 10.7 Å². The molecule has 0 atom stereocenters. The van der Waals surface area contributed by atoms with E-state index in [0.29, 0.717) is 6.42 Å². The average Bonchev–Trinajstić information content (AvgIpc) is 2.50. The topological polar surface area (TPSA) is 0 Å². The standard InChI is InChI=1S/C16H13Br3ClF/c17-9-16(10-18,12-5-1-2-6-13(12)19)8-11-4-3-7-14(21)15(11)20/h1-7H,8-10H2. The van der Waals surface area contributed by atoms with Gasteiger partial charge in [0.05, 0.1) is 5.02 Å². The molecule has 5 heteroatoms. The number of hydrogen-bond acceptors (Lipinski definition) is 0. The second-order valence-electron chi connectivity index (χ2n) is 4.92. The van der Waals surface area contributed by atoms with Crippen molar-refractivity contribution in [3.63, 3.8) is 0 Å². The summed E-state index contributed by atoms with van der Waals surface area (Å²) in [6.07, 6.45) is 0.642. The molecule has 0 saturated heterocycles. The molecule has 0 bridgehead atoms. The van der Waals surface area contributed by atoms with Gasteiger partial charge in [-0.1, -0.05) is 89.7 Å². The van der Waals surface area contributed by atoms with E-state index in [-0.39, 0.29) is 16.3 Å². The highest BCUT2D eigenvalue weighted by molar-refractivity contribution is 9.10. The molecule has 112 valence electrons. The summed E-state index contributed by atoms with van der Waals surface area (Å²) in [7, 11) is 0. The van der Waals surface area contributed by atoms with Crippen LogP contribution in [-0.2, 0) is 11.8 Å². The molecule has 0 amide bonds. The molecule has 2 rings (SSSR count). The van der Waals surface area contributed by atoms with Crippen LogP contribution in [-0.4, -0.2) is 10.7 Å². The molecule has 0 aromatic heterocycles. The van der Waals surface area contributed by atoms with Crippen LogP contribution in [0.3, 0.4) is 0 Å². The van der Waals surface area contributed by atoms with Crippen LogP contribution in [0, 0.1) is 5.82 Å². The normalized spacial score (nSPS) is 11.7. The Morgan fingerprint density at radius 1 is 1.00 bits per heavy atom. The maximum Gasteiger partial charge on any atom is 0.142 e. The van der Waals surface area contributed by atoms with E-state index in [4.69, 9.17) is 11.6 Å². The van der Waals surface area contributed by atoms with Crippen molar-refractivity contribution in [3.05, 3.63) is 68.9 Å². The number of hydrogen-bond donors (Lipinski definition) is 0. The summed E-state index contributed by atoms with van der Waals surface area (Å²) in [5, 5.41) is 1.68. The summed E-state index contributed by atoms with van der Waals surface area (Å²) in [6, 6.07) is 13.0. The Balaban J connectivity index is 2.49. The minimum Gasteiger partial charge on any atom is -0.205 e. The van der Waals surface area contributed by atoms with E-state index in [1.54, 1.807) is 6.07 Å². The molecule has 0 aliphatic carbocycles. The fraction of sp³-hybridized carbons (Fsp3) is 0.250. The van der Waals surface area contributed by atoms with Crippen molar-refractivity contribution >= 4 is 59.4 Å². The van der Waals surface area contributed by atoms with E-state index in [2.05, 4.69) is 53.9 Å². The van der Waals surface area contributed by atoms with E-state index in [9.17, 15) is 4.39 Å². The van der Waals surface area contributed by atoms with Crippen LogP contribution in [0.5, 0.6) is 0 Å².